The molecule has 0 aromatic heterocycles. The number of hydrogen-bond donors (Lipinski definition) is 0. The molecule has 0 unspecified atom stereocenters. The van der Waals surface area contributed by atoms with Gasteiger partial charge < -0.3 is 4.90 Å². The molecule has 134 valence electrons. The molecule has 5 nitrogen and oxygen atoms in total. The van der Waals surface area contributed by atoms with Gasteiger partial charge in [0.15, 0.2) is 0 Å². The highest BCUT2D eigenvalue weighted by Crippen LogP contribution is 2.23. The SMILES string of the molecule is CC(C)(C)C(=O)N1CCCN(S(=O)(=O)c2ccc(F)cc2F)CC1. The zero-order valence-corrected chi connectivity index (χ0v) is 14.9. The summed E-state index contributed by atoms with van der Waals surface area (Å²) in [5, 5.41) is 0. The fraction of sp³-hybridized carbons (Fsp3) is 0.562. The van der Waals surface area contributed by atoms with Gasteiger partial charge in [-0.3, -0.25) is 4.79 Å². The Morgan fingerprint density at radius 2 is 1.75 bits per heavy atom. The number of benzene rings is 1. The molecule has 24 heavy (non-hydrogen) atoms. The summed E-state index contributed by atoms with van der Waals surface area (Å²) >= 11 is 0. The number of amides is 1. The van der Waals surface area contributed by atoms with Gasteiger partial charge >= 0.3 is 0 Å². The molecule has 1 aliphatic rings. The van der Waals surface area contributed by atoms with Gasteiger partial charge in [0.25, 0.3) is 0 Å². The lowest BCUT2D eigenvalue weighted by atomic mass is 9.94. The highest BCUT2D eigenvalue weighted by Gasteiger charge is 2.33. The third-order valence-electron chi connectivity index (χ3n) is 3.90. The van der Waals surface area contributed by atoms with Crippen LogP contribution in [0.1, 0.15) is 27.2 Å². The first-order chi connectivity index (χ1) is 11.0. The van der Waals surface area contributed by atoms with Crippen LogP contribution in [0.15, 0.2) is 23.1 Å². The number of carbonyl (C=O) groups is 1. The van der Waals surface area contributed by atoms with E-state index in [1.807, 2.05) is 20.8 Å². The van der Waals surface area contributed by atoms with Crippen molar-refractivity contribution in [2.45, 2.75) is 32.1 Å². The fourth-order valence-electron chi connectivity index (χ4n) is 2.64. The Labute approximate surface area is 141 Å². The second kappa shape index (κ2) is 6.76. The second-order valence-electron chi connectivity index (χ2n) is 6.87. The van der Waals surface area contributed by atoms with E-state index in [0.29, 0.717) is 19.0 Å². The minimum atomic E-state index is -4.06. The van der Waals surface area contributed by atoms with Gasteiger partial charge in [-0.1, -0.05) is 20.8 Å². The largest absolute Gasteiger partial charge is 0.341 e. The van der Waals surface area contributed by atoms with Crippen molar-refractivity contribution in [3.63, 3.8) is 0 Å². The summed E-state index contributed by atoms with van der Waals surface area (Å²) in [6, 6.07) is 2.41. The highest BCUT2D eigenvalue weighted by molar-refractivity contribution is 7.89. The molecule has 1 aliphatic heterocycles. The Bertz CT molecular complexity index is 729. The van der Waals surface area contributed by atoms with Crippen LogP contribution in [0.5, 0.6) is 0 Å². The van der Waals surface area contributed by atoms with Gasteiger partial charge in [0, 0.05) is 37.7 Å². The zero-order valence-electron chi connectivity index (χ0n) is 14.1. The average molecular weight is 360 g/mol. The molecule has 1 saturated heterocycles. The maximum absolute atomic E-state index is 13.9. The Morgan fingerprint density at radius 1 is 1.08 bits per heavy atom. The summed E-state index contributed by atoms with van der Waals surface area (Å²) in [5.74, 6) is -1.99. The minimum Gasteiger partial charge on any atom is -0.341 e. The maximum atomic E-state index is 13.9. The van der Waals surface area contributed by atoms with Crippen LogP contribution in [0.4, 0.5) is 8.78 Å². The van der Waals surface area contributed by atoms with Crippen molar-refractivity contribution in [2.24, 2.45) is 5.41 Å². The van der Waals surface area contributed by atoms with Gasteiger partial charge in [-0.05, 0) is 18.6 Å². The molecule has 1 amide bonds. The Balaban J connectivity index is 2.20. The van der Waals surface area contributed by atoms with E-state index in [9.17, 15) is 22.0 Å². The van der Waals surface area contributed by atoms with Crippen molar-refractivity contribution >= 4 is 15.9 Å². The second-order valence-corrected chi connectivity index (χ2v) is 8.78. The topological polar surface area (TPSA) is 57.7 Å². The Hall–Kier alpha value is -1.54. The summed E-state index contributed by atoms with van der Waals surface area (Å²) in [5.41, 5.74) is -0.545. The normalized spacial score (nSPS) is 17.6. The molecule has 1 aromatic rings. The molecule has 0 bridgehead atoms. The van der Waals surface area contributed by atoms with Crippen LogP contribution in [0.3, 0.4) is 0 Å². The van der Waals surface area contributed by atoms with Gasteiger partial charge in [-0.25, -0.2) is 17.2 Å². The van der Waals surface area contributed by atoms with E-state index in [2.05, 4.69) is 0 Å². The van der Waals surface area contributed by atoms with Gasteiger partial charge in [0.05, 0.1) is 0 Å². The van der Waals surface area contributed by atoms with Crippen molar-refractivity contribution in [3.8, 4) is 0 Å². The maximum Gasteiger partial charge on any atom is 0.246 e. The minimum absolute atomic E-state index is 0.0466. The molecule has 2 rings (SSSR count). The van der Waals surface area contributed by atoms with Gasteiger partial charge in [-0.15, -0.1) is 0 Å². The van der Waals surface area contributed by atoms with E-state index in [-0.39, 0.29) is 25.5 Å². The summed E-state index contributed by atoms with van der Waals surface area (Å²) in [7, 11) is -4.06. The van der Waals surface area contributed by atoms with Gasteiger partial charge in [-0.2, -0.15) is 4.31 Å². The van der Waals surface area contributed by atoms with E-state index in [4.69, 9.17) is 0 Å². The number of carbonyl (C=O) groups excluding carboxylic acids is 1. The zero-order chi connectivity index (χ0) is 18.1. The van der Waals surface area contributed by atoms with Crippen molar-refractivity contribution < 1.29 is 22.0 Å². The predicted octanol–water partition coefficient (Wildman–Crippen LogP) is 2.23. The molecule has 0 atom stereocenters. The smallest absolute Gasteiger partial charge is 0.246 e. The van der Waals surface area contributed by atoms with Crippen molar-refractivity contribution in [2.75, 3.05) is 26.2 Å². The monoisotopic (exact) mass is 360 g/mol. The number of rotatable bonds is 2. The fourth-order valence-corrected chi connectivity index (χ4v) is 4.15. The third kappa shape index (κ3) is 3.92. The van der Waals surface area contributed by atoms with Crippen LogP contribution in [0.25, 0.3) is 0 Å². The standard InChI is InChI=1S/C16H22F2N2O3S/c1-16(2,3)15(21)19-7-4-8-20(10-9-19)24(22,23)14-6-5-12(17)11-13(14)18/h5-6,11H,4,7-10H2,1-3H3. The van der Waals surface area contributed by atoms with Crippen molar-refractivity contribution in [3.05, 3.63) is 29.8 Å². The predicted molar refractivity (Wildman–Crippen MR) is 85.8 cm³/mol. The number of halogens is 2. The van der Waals surface area contributed by atoms with E-state index in [1.165, 1.54) is 0 Å². The number of sulfonamides is 1. The summed E-state index contributed by atoms with van der Waals surface area (Å²) in [6.45, 7) is 6.40. The Morgan fingerprint density at radius 3 is 2.33 bits per heavy atom. The van der Waals surface area contributed by atoms with E-state index in [1.54, 1.807) is 4.90 Å². The summed E-state index contributed by atoms with van der Waals surface area (Å²) in [4.78, 5) is 13.4. The van der Waals surface area contributed by atoms with Crippen LogP contribution < -0.4 is 0 Å². The Kier molecular flexibility index (Phi) is 5.29. The molecular weight excluding hydrogens is 338 g/mol. The quantitative estimate of drug-likeness (QED) is 0.813. The van der Waals surface area contributed by atoms with Crippen LogP contribution in [-0.2, 0) is 14.8 Å². The summed E-state index contributed by atoms with van der Waals surface area (Å²) < 4.78 is 53.2. The van der Waals surface area contributed by atoms with Gasteiger partial charge in [0.2, 0.25) is 15.9 Å². The average Bonchev–Trinajstić information content (AvgIpc) is 2.71. The number of hydrogen-bond acceptors (Lipinski definition) is 3. The van der Waals surface area contributed by atoms with Crippen molar-refractivity contribution in [1.82, 2.24) is 9.21 Å². The molecular formula is C16H22F2N2O3S. The molecule has 1 fully saturated rings. The molecule has 0 saturated carbocycles. The first-order valence-corrected chi connectivity index (χ1v) is 9.22. The van der Waals surface area contributed by atoms with Gasteiger partial charge in [0.1, 0.15) is 16.5 Å². The molecule has 0 radical (unpaired) electrons. The molecule has 8 heteroatoms. The van der Waals surface area contributed by atoms with E-state index >= 15 is 0 Å². The molecule has 0 N–H and O–H groups in total. The van der Waals surface area contributed by atoms with E-state index < -0.39 is 32.0 Å². The molecule has 1 aromatic carbocycles. The van der Waals surface area contributed by atoms with Crippen molar-refractivity contribution in [1.29, 1.82) is 0 Å². The van der Waals surface area contributed by atoms with Crippen LogP contribution >= 0.6 is 0 Å². The third-order valence-corrected chi connectivity index (χ3v) is 5.83. The lowest BCUT2D eigenvalue weighted by Gasteiger charge is -2.28. The lowest BCUT2D eigenvalue weighted by molar-refractivity contribution is -0.139. The van der Waals surface area contributed by atoms with Crippen LogP contribution in [-0.4, -0.2) is 49.7 Å². The van der Waals surface area contributed by atoms with Crippen LogP contribution in [0.2, 0.25) is 0 Å². The highest BCUT2D eigenvalue weighted by atomic mass is 32.2. The first-order valence-electron chi connectivity index (χ1n) is 7.78. The molecule has 0 aliphatic carbocycles. The molecule has 0 spiro atoms. The lowest BCUT2D eigenvalue weighted by Crippen LogP contribution is -2.42. The van der Waals surface area contributed by atoms with Crippen LogP contribution in [0, 0.1) is 17.0 Å². The number of nitrogens with zero attached hydrogens (tertiary/aromatic N) is 2. The van der Waals surface area contributed by atoms with E-state index in [0.717, 1.165) is 16.4 Å². The molecule has 1 heterocycles. The first kappa shape index (κ1) is 18.8. The summed E-state index contributed by atoms with van der Waals surface area (Å²) in [6.07, 6.45) is 0.462.